The number of carbonyl (C=O) groups excluding carboxylic acids is 1. The van der Waals surface area contributed by atoms with Gasteiger partial charge in [-0.3, -0.25) is 4.79 Å². The van der Waals surface area contributed by atoms with Crippen molar-refractivity contribution >= 4 is 5.91 Å². The second kappa shape index (κ2) is 4.10. The van der Waals surface area contributed by atoms with Crippen LogP contribution >= 0.6 is 0 Å². The zero-order chi connectivity index (χ0) is 11.8. The minimum atomic E-state index is -0.312. The smallest absolute Gasteiger partial charge is 0.224 e. The van der Waals surface area contributed by atoms with E-state index in [1.165, 1.54) is 0 Å². The van der Waals surface area contributed by atoms with E-state index in [1.54, 1.807) is 0 Å². The summed E-state index contributed by atoms with van der Waals surface area (Å²) in [4.78, 5) is 11.7. The summed E-state index contributed by atoms with van der Waals surface area (Å²) < 4.78 is 0. The van der Waals surface area contributed by atoms with Gasteiger partial charge in [-0.1, -0.05) is 20.8 Å². The molecule has 0 saturated heterocycles. The minimum Gasteiger partial charge on any atom is -0.392 e. The number of hydrogen-bond acceptors (Lipinski definition) is 3. The van der Waals surface area contributed by atoms with Crippen LogP contribution in [0.3, 0.4) is 0 Å². The van der Waals surface area contributed by atoms with Crippen LogP contribution in [0.4, 0.5) is 0 Å². The largest absolute Gasteiger partial charge is 0.392 e. The SMILES string of the molecule is CC(N)C(C)C(=O)NC1CC(O)C1(C)C. The Hall–Kier alpha value is -0.610. The molecule has 0 aromatic carbocycles. The van der Waals surface area contributed by atoms with Crippen LogP contribution in [0.15, 0.2) is 0 Å². The average Bonchev–Trinajstić information content (AvgIpc) is 2.15. The zero-order valence-corrected chi connectivity index (χ0v) is 9.95. The lowest BCUT2D eigenvalue weighted by atomic mass is 9.64. The van der Waals surface area contributed by atoms with E-state index in [-0.39, 0.29) is 35.4 Å². The number of carbonyl (C=O) groups is 1. The highest BCUT2D eigenvalue weighted by atomic mass is 16.3. The van der Waals surface area contributed by atoms with Crippen LogP contribution in [-0.4, -0.2) is 29.2 Å². The van der Waals surface area contributed by atoms with E-state index in [0.29, 0.717) is 6.42 Å². The lowest BCUT2D eigenvalue weighted by molar-refractivity contribution is -0.133. The number of nitrogens with two attached hydrogens (primary N) is 1. The molecule has 0 bridgehead atoms. The van der Waals surface area contributed by atoms with Gasteiger partial charge in [0.2, 0.25) is 5.91 Å². The van der Waals surface area contributed by atoms with Gasteiger partial charge < -0.3 is 16.2 Å². The standard InChI is InChI=1S/C11H22N2O2/c1-6(7(2)12)10(15)13-8-5-9(14)11(8,3)4/h6-9,14H,5,12H2,1-4H3,(H,13,15). The molecule has 1 saturated carbocycles. The molecule has 1 aliphatic rings. The lowest BCUT2D eigenvalue weighted by Crippen LogP contribution is -2.62. The molecular weight excluding hydrogens is 192 g/mol. The molecule has 88 valence electrons. The molecule has 1 fully saturated rings. The van der Waals surface area contributed by atoms with Crippen LogP contribution in [0, 0.1) is 11.3 Å². The maximum atomic E-state index is 11.7. The Bertz CT molecular complexity index is 251. The van der Waals surface area contributed by atoms with Crippen LogP contribution in [0.5, 0.6) is 0 Å². The van der Waals surface area contributed by atoms with Crippen LogP contribution < -0.4 is 11.1 Å². The molecule has 0 aliphatic heterocycles. The molecule has 0 aromatic heterocycles. The summed E-state index contributed by atoms with van der Waals surface area (Å²) in [6.45, 7) is 7.57. The average molecular weight is 214 g/mol. The van der Waals surface area contributed by atoms with Gasteiger partial charge in [0.05, 0.1) is 6.10 Å². The molecule has 4 heteroatoms. The molecule has 1 aliphatic carbocycles. The van der Waals surface area contributed by atoms with Crippen molar-refractivity contribution in [3.63, 3.8) is 0 Å². The Morgan fingerprint density at radius 3 is 2.40 bits per heavy atom. The van der Waals surface area contributed by atoms with Gasteiger partial charge in [0.15, 0.2) is 0 Å². The Kier molecular flexibility index (Phi) is 3.41. The highest BCUT2D eigenvalue weighted by Crippen LogP contribution is 2.40. The summed E-state index contributed by atoms with van der Waals surface area (Å²) in [6.07, 6.45) is 0.332. The third kappa shape index (κ3) is 2.32. The van der Waals surface area contributed by atoms with Crippen molar-refractivity contribution in [1.29, 1.82) is 0 Å². The predicted molar refractivity (Wildman–Crippen MR) is 59.1 cm³/mol. The van der Waals surface area contributed by atoms with Gasteiger partial charge in [-0.25, -0.2) is 0 Å². The summed E-state index contributed by atoms with van der Waals surface area (Å²) in [5.74, 6) is -0.200. The maximum Gasteiger partial charge on any atom is 0.224 e. The summed E-state index contributed by atoms with van der Waals surface area (Å²) in [6, 6.07) is -0.0701. The van der Waals surface area contributed by atoms with Crippen molar-refractivity contribution in [1.82, 2.24) is 5.32 Å². The third-order valence-electron chi connectivity index (χ3n) is 3.73. The van der Waals surface area contributed by atoms with E-state index in [0.717, 1.165) is 0 Å². The Labute approximate surface area is 91.2 Å². The van der Waals surface area contributed by atoms with Crippen molar-refractivity contribution in [3.8, 4) is 0 Å². The van der Waals surface area contributed by atoms with Crippen molar-refractivity contribution in [2.45, 2.75) is 52.3 Å². The second-order valence-electron chi connectivity index (χ2n) is 5.28. The van der Waals surface area contributed by atoms with Crippen LogP contribution in [0.25, 0.3) is 0 Å². The molecule has 0 spiro atoms. The van der Waals surface area contributed by atoms with Gasteiger partial charge in [-0.2, -0.15) is 0 Å². The van der Waals surface area contributed by atoms with Crippen LogP contribution in [0.2, 0.25) is 0 Å². The quantitative estimate of drug-likeness (QED) is 0.630. The molecule has 0 heterocycles. The van der Waals surface area contributed by atoms with Crippen molar-refractivity contribution in [2.24, 2.45) is 17.1 Å². The fourth-order valence-electron chi connectivity index (χ4n) is 1.69. The normalized spacial score (nSPS) is 32.7. The van der Waals surface area contributed by atoms with E-state index in [9.17, 15) is 9.90 Å². The monoisotopic (exact) mass is 214 g/mol. The third-order valence-corrected chi connectivity index (χ3v) is 3.73. The number of aliphatic hydroxyl groups is 1. The highest BCUT2D eigenvalue weighted by molar-refractivity contribution is 5.79. The topological polar surface area (TPSA) is 75.4 Å². The zero-order valence-electron chi connectivity index (χ0n) is 9.95. The van der Waals surface area contributed by atoms with Gasteiger partial charge >= 0.3 is 0 Å². The Morgan fingerprint density at radius 2 is 2.07 bits per heavy atom. The highest BCUT2D eigenvalue weighted by Gasteiger charge is 2.48. The van der Waals surface area contributed by atoms with E-state index in [4.69, 9.17) is 5.73 Å². The maximum absolute atomic E-state index is 11.7. The van der Waals surface area contributed by atoms with Gasteiger partial charge in [0, 0.05) is 23.4 Å². The minimum absolute atomic E-state index is 0.0185. The van der Waals surface area contributed by atoms with Crippen molar-refractivity contribution in [3.05, 3.63) is 0 Å². The number of aliphatic hydroxyl groups excluding tert-OH is 1. The number of amides is 1. The Morgan fingerprint density at radius 1 is 1.53 bits per heavy atom. The predicted octanol–water partition coefficient (Wildman–Crippen LogP) is 0.245. The van der Waals surface area contributed by atoms with E-state index < -0.39 is 0 Å². The van der Waals surface area contributed by atoms with Gasteiger partial charge in [0.25, 0.3) is 0 Å². The first kappa shape index (κ1) is 12.5. The Balaban J connectivity index is 2.47. The van der Waals surface area contributed by atoms with Gasteiger partial charge in [-0.05, 0) is 13.3 Å². The van der Waals surface area contributed by atoms with E-state index >= 15 is 0 Å². The molecule has 0 aromatic rings. The summed E-state index contributed by atoms with van der Waals surface area (Å²) in [5.41, 5.74) is 5.44. The molecule has 4 nitrogen and oxygen atoms in total. The number of nitrogens with one attached hydrogen (secondary N) is 1. The van der Waals surface area contributed by atoms with Crippen LogP contribution in [0.1, 0.15) is 34.1 Å². The first-order chi connectivity index (χ1) is 6.76. The molecular formula is C11H22N2O2. The molecule has 1 amide bonds. The first-order valence-electron chi connectivity index (χ1n) is 5.50. The van der Waals surface area contributed by atoms with E-state index in [2.05, 4.69) is 5.32 Å². The molecule has 4 unspecified atom stereocenters. The van der Waals surface area contributed by atoms with E-state index in [1.807, 2.05) is 27.7 Å². The fraction of sp³-hybridized carbons (Fsp3) is 0.909. The number of rotatable bonds is 3. The molecule has 0 radical (unpaired) electrons. The van der Waals surface area contributed by atoms with Crippen LogP contribution in [-0.2, 0) is 4.79 Å². The molecule has 1 rings (SSSR count). The summed E-state index contributed by atoms with van der Waals surface area (Å²) in [5, 5.41) is 12.5. The van der Waals surface area contributed by atoms with Crippen molar-refractivity contribution < 1.29 is 9.90 Å². The molecule has 4 atom stereocenters. The molecule has 4 N–H and O–H groups in total. The lowest BCUT2D eigenvalue weighted by Gasteiger charge is -2.49. The summed E-state index contributed by atoms with van der Waals surface area (Å²) >= 11 is 0. The second-order valence-corrected chi connectivity index (χ2v) is 5.28. The molecule has 15 heavy (non-hydrogen) atoms. The van der Waals surface area contributed by atoms with Gasteiger partial charge in [-0.15, -0.1) is 0 Å². The fourth-order valence-corrected chi connectivity index (χ4v) is 1.69. The first-order valence-corrected chi connectivity index (χ1v) is 5.50. The summed E-state index contributed by atoms with van der Waals surface area (Å²) in [7, 11) is 0. The van der Waals surface area contributed by atoms with Gasteiger partial charge in [0.1, 0.15) is 0 Å². The number of hydrogen-bond donors (Lipinski definition) is 3. The van der Waals surface area contributed by atoms with Crippen molar-refractivity contribution in [2.75, 3.05) is 0 Å².